The van der Waals surface area contributed by atoms with Crippen LogP contribution in [0.5, 0.6) is 0 Å². The molecule has 0 spiro atoms. The van der Waals surface area contributed by atoms with Crippen LogP contribution in [0.15, 0.2) is 0 Å². The number of hydrogen-bond donors (Lipinski definition) is 3. The Labute approximate surface area is 84.5 Å². The van der Waals surface area contributed by atoms with Gasteiger partial charge >= 0.3 is 0 Å². The highest BCUT2D eigenvalue weighted by Gasteiger charge is 2.37. The molecule has 5 atom stereocenters. The summed E-state index contributed by atoms with van der Waals surface area (Å²) in [6.07, 6.45) is -1.02. The Bertz CT molecular complexity index is 174. The monoisotopic (exact) mass is 204 g/mol. The van der Waals surface area contributed by atoms with E-state index in [-0.39, 0.29) is 12.7 Å². The molecule has 4 heteroatoms. The molecule has 0 aromatic heterocycles. The van der Waals surface area contributed by atoms with Crippen LogP contribution in [0.25, 0.3) is 0 Å². The number of rotatable bonds is 3. The average Bonchev–Trinajstić information content (AvgIpc) is 2.20. The predicted molar refractivity (Wildman–Crippen MR) is 51.8 cm³/mol. The molecule has 5 unspecified atom stereocenters. The number of aliphatic hydroxyl groups is 3. The molecule has 0 aromatic carbocycles. The smallest absolute Gasteiger partial charge is 0.109 e. The molecule has 84 valence electrons. The van der Waals surface area contributed by atoms with E-state index in [1.165, 1.54) is 0 Å². The van der Waals surface area contributed by atoms with Crippen molar-refractivity contribution in [1.29, 1.82) is 0 Å². The van der Waals surface area contributed by atoms with Gasteiger partial charge in [-0.1, -0.05) is 20.3 Å². The first-order valence-electron chi connectivity index (χ1n) is 5.22. The molecule has 1 rings (SSSR count). The van der Waals surface area contributed by atoms with Crippen molar-refractivity contribution in [3.63, 3.8) is 0 Å². The predicted octanol–water partition coefficient (Wildman–Crippen LogP) is -0.0959. The molecule has 0 aromatic rings. The Hall–Kier alpha value is -0.160. The molecule has 4 nitrogen and oxygen atoms in total. The summed E-state index contributed by atoms with van der Waals surface area (Å²) in [6, 6.07) is 0. The Kier molecular flexibility index (Phi) is 4.31. The molecule has 0 bridgehead atoms. The van der Waals surface area contributed by atoms with Gasteiger partial charge in [-0.05, 0) is 5.92 Å². The molecular weight excluding hydrogens is 184 g/mol. The zero-order valence-electron chi connectivity index (χ0n) is 8.76. The van der Waals surface area contributed by atoms with Crippen molar-refractivity contribution in [2.75, 3.05) is 6.61 Å². The standard InChI is InChI=1S/C10H20O4/c1-3-6(2)8-4-7(12)10(13)9(5-11)14-8/h6-13H,3-5H2,1-2H3. The average molecular weight is 204 g/mol. The summed E-state index contributed by atoms with van der Waals surface area (Å²) in [7, 11) is 0. The fourth-order valence-electron chi connectivity index (χ4n) is 1.77. The molecule has 0 aliphatic carbocycles. The van der Waals surface area contributed by atoms with Gasteiger partial charge in [0.1, 0.15) is 12.2 Å². The highest BCUT2D eigenvalue weighted by Crippen LogP contribution is 2.26. The van der Waals surface area contributed by atoms with Crippen LogP contribution in [0, 0.1) is 5.92 Å². The minimum atomic E-state index is -0.958. The number of aliphatic hydroxyl groups excluding tert-OH is 3. The molecule has 0 radical (unpaired) electrons. The van der Waals surface area contributed by atoms with E-state index in [9.17, 15) is 10.2 Å². The van der Waals surface area contributed by atoms with Crippen LogP contribution in [-0.2, 0) is 4.74 Å². The van der Waals surface area contributed by atoms with Crippen LogP contribution in [-0.4, -0.2) is 46.3 Å². The minimum absolute atomic E-state index is 0.0597. The third-order valence-electron chi connectivity index (χ3n) is 3.06. The lowest BCUT2D eigenvalue weighted by atomic mass is 9.90. The Morgan fingerprint density at radius 1 is 1.43 bits per heavy atom. The normalized spacial score (nSPS) is 40.9. The number of ether oxygens (including phenoxy) is 1. The van der Waals surface area contributed by atoms with Crippen LogP contribution >= 0.6 is 0 Å². The van der Waals surface area contributed by atoms with Gasteiger partial charge in [0.15, 0.2) is 0 Å². The van der Waals surface area contributed by atoms with Crippen LogP contribution < -0.4 is 0 Å². The Morgan fingerprint density at radius 3 is 2.57 bits per heavy atom. The summed E-state index contributed by atoms with van der Waals surface area (Å²) < 4.78 is 5.51. The van der Waals surface area contributed by atoms with Crippen molar-refractivity contribution in [2.45, 2.75) is 51.1 Å². The molecule has 3 N–H and O–H groups in total. The van der Waals surface area contributed by atoms with Gasteiger partial charge in [-0.3, -0.25) is 0 Å². The lowest BCUT2D eigenvalue weighted by Crippen LogP contribution is -2.51. The second-order valence-corrected chi connectivity index (χ2v) is 4.07. The summed E-state index contributed by atoms with van der Waals surface area (Å²) in [6.45, 7) is 3.86. The van der Waals surface area contributed by atoms with Gasteiger partial charge in [0, 0.05) is 6.42 Å². The first-order valence-corrected chi connectivity index (χ1v) is 5.22. The zero-order valence-corrected chi connectivity index (χ0v) is 8.76. The molecule has 1 aliphatic heterocycles. The van der Waals surface area contributed by atoms with Crippen LogP contribution in [0.2, 0.25) is 0 Å². The molecular formula is C10H20O4. The van der Waals surface area contributed by atoms with E-state index >= 15 is 0 Å². The van der Waals surface area contributed by atoms with Crippen molar-refractivity contribution in [3.8, 4) is 0 Å². The van der Waals surface area contributed by atoms with Gasteiger partial charge in [0.2, 0.25) is 0 Å². The van der Waals surface area contributed by atoms with E-state index in [4.69, 9.17) is 9.84 Å². The second-order valence-electron chi connectivity index (χ2n) is 4.07. The van der Waals surface area contributed by atoms with Gasteiger partial charge in [0.25, 0.3) is 0 Å². The van der Waals surface area contributed by atoms with E-state index in [0.29, 0.717) is 12.3 Å². The quantitative estimate of drug-likeness (QED) is 0.600. The lowest BCUT2D eigenvalue weighted by molar-refractivity contribution is -0.190. The van der Waals surface area contributed by atoms with E-state index in [1.54, 1.807) is 0 Å². The summed E-state index contributed by atoms with van der Waals surface area (Å²) in [5.41, 5.74) is 0. The van der Waals surface area contributed by atoms with Gasteiger partial charge in [-0.2, -0.15) is 0 Å². The van der Waals surface area contributed by atoms with E-state index in [1.807, 2.05) is 6.92 Å². The van der Waals surface area contributed by atoms with Crippen LogP contribution in [0.4, 0.5) is 0 Å². The highest BCUT2D eigenvalue weighted by atomic mass is 16.5. The molecule has 1 saturated heterocycles. The summed E-state index contributed by atoms with van der Waals surface area (Å²) in [5, 5.41) is 28.0. The number of hydrogen-bond acceptors (Lipinski definition) is 4. The molecule has 0 saturated carbocycles. The SMILES string of the molecule is CCC(C)C1CC(O)C(O)C(CO)O1. The largest absolute Gasteiger partial charge is 0.394 e. The van der Waals surface area contributed by atoms with Crippen molar-refractivity contribution in [2.24, 2.45) is 5.92 Å². The van der Waals surface area contributed by atoms with Crippen LogP contribution in [0.1, 0.15) is 26.7 Å². The van der Waals surface area contributed by atoms with Crippen LogP contribution in [0.3, 0.4) is 0 Å². The third-order valence-corrected chi connectivity index (χ3v) is 3.06. The minimum Gasteiger partial charge on any atom is -0.394 e. The first kappa shape index (κ1) is 11.9. The van der Waals surface area contributed by atoms with Crippen molar-refractivity contribution >= 4 is 0 Å². The molecule has 1 aliphatic rings. The topological polar surface area (TPSA) is 69.9 Å². The zero-order chi connectivity index (χ0) is 10.7. The molecule has 1 fully saturated rings. The van der Waals surface area contributed by atoms with Gasteiger partial charge in [0.05, 0.1) is 18.8 Å². The van der Waals surface area contributed by atoms with Crippen molar-refractivity contribution < 1.29 is 20.1 Å². The second kappa shape index (κ2) is 5.07. The van der Waals surface area contributed by atoms with E-state index in [2.05, 4.69) is 6.92 Å². The van der Waals surface area contributed by atoms with Crippen molar-refractivity contribution in [3.05, 3.63) is 0 Å². The summed E-state index contributed by atoms with van der Waals surface area (Å²) >= 11 is 0. The molecule has 14 heavy (non-hydrogen) atoms. The highest BCUT2D eigenvalue weighted by molar-refractivity contribution is 4.86. The fraction of sp³-hybridized carbons (Fsp3) is 1.00. The van der Waals surface area contributed by atoms with Gasteiger partial charge < -0.3 is 20.1 Å². The van der Waals surface area contributed by atoms with Gasteiger partial charge in [-0.25, -0.2) is 0 Å². The maximum atomic E-state index is 9.55. The Balaban J connectivity index is 2.58. The summed E-state index contributed by atoms with van der Waals surface area (Å²) in [5.74, 6) is 0.339. The van der Waals surface area contributed by atoms with E-state index in [0.717, 1.165) is 6.42 Å². The first-order chi connectivity index (χ1) is 6.60. The maximum absolute atomic E-state index is 9.55. The van der Waals surface area contributed by atoms with Crippen molar-refractivity contribution in [1.82, 2.24) is 0 Å². The third kappa shape index (κ3) is 2.45. The molecule has 1 heterocycles. The fourth-order valence-corrected chi connectivity index (χ4v) is 1.77. The maximum Gasteiger partial charge on any atom is 0.109 e. The lowest BCUT2D eigenvalue weighted by Gasteiger charge is -2.38. The summed E-state index contributed by atoms with van der Waals surface area (Å²) in [4.78, 5) is 0. The van der Waals surface area contributed by atoms with E-state index < -0.39 is 18.3 Å². The van der Waals surface area contributed by atoms with Gasteiger partial charge in [-0.15, -0.1) is 0 Å². The molecule has 0 amide bonds. The Morgan fingerprint density at radius 2 is 2.07 bits per heavy atom.